The largest absolute Gasteiger partial charge is 0.348 e. The number of halogens is 1. The molecule has 0 bridgehead atoms. The predicted octanol–water partition coefficient (Wildman–Crippen LogP) is 4.12. The number of benzene rings is 1. The second-order valence-electron chi connectivity index (χ2n) is 5.92. The normalized spacial score (nSPS) is 18.9. The summed E-state index contributed by atoms with van der Waals surface area (Å²) in [6, 6.07) is 12.0. The topological polar surface area (TPSA) is 25.2 Å². The number of carbonyl (C=O) groups excluding carboxylic acids is 1. The number of nitrogens with zero attached hydrogens (tertiary/aromatic N) is 2. The summed E-state index contributed by atoms with van der Waals surface area (Å²) in [5.74, 6) is 0.284. The lowest BCUT2D eigenvalue weighted by Gasteiger charge is -2.38. The van der Waals surface area contributed by atoms with E-state index in [9.17, 15) is 4.79 Å². The first-order valence-corrected chi connectivity index (χ1v) is 8.20. The van der Waals surface area contributed by atoms with Gasteiger partial charge in [0.25, 0.3) is 0 Å². The number of hydrogen-bond donors (Lipinski definition) is 0. The number of aromatic nitrogens is 1. The fourth-order valence-electron chi connectivity index (χ4n) is 3.07. The van der Waals surface area contributed by atoms with Gasteiger partial charge in [0.2, 0.25) is 5.91 Å². The molecule has 2 atom stereocenters. The Hall–Kier alpha value is -1.74. The van der Waals surface area contributed by atoms with E-state index in [4.69, 9.17) is 11.6 Å². The maximum atomic E-state index is 12.8. The summed E-state index contributed by atoms with van der Waals surface area (Å²) in [6.45, 7) is 5.67. The van der Waals surface area contributed by atoms with Crippen LogP contribution < -0.4 is 0 Å². The molecule has 116 valence electrons. The molecule has 1 aliphatic rings. The van der Waals surface area contributed by atoms with Gasteiger partial charge >= 0.3 is 0 Å². The Morgan fingerprint density at radius 3 is 2.68 bits per heavy atom. The second kappa shape index (κ2) is 6.17. The van der Waals surface area contributed by atoms with E-state index in [2.05, 4.69) is 29.8 Å². The predicted molar refractivity (Wildman–Crippen MR) is 88.9 cm³/mol. The minimum Gasteiger partial charge on any atom is -0.348 e. The van der Waals surface area contributed by atoms with Crippen molar-refractivity contribution in [2.24, 2.45) is 5.92 Å². The molecule has 0 saturated carbocycles. The van der Waals surface area contributed by atoms with Crippen molar-refractivity contribution in [3.63, 3.8) is 0 Å². The zero-order valence-corrected chi connectivity index (χ0v) is 13.8. The molecule has 0 radical (unpaired) electrons. The van der Waals surface area contributed by atoms with Crippen LogP contribution in [-0.4, -0.2) is 21.9 Å². The van der Waals surface area contributed by atoms with Crippen molar-refractivity contribution >= 4 is 17.5 Å². The van der Waals surface area contributed by atoms with Crippen molar-refractivity contribution in [3.8, 4) is 0 Å². The molecule has 1 amide bonds. The van der Waals surface area contributed by atoms with Crippen molar-refractivity contribution in [1.82, 2.24) is 9.47 Å². The Morgan fingerprint density at radius 1 is 1.27 bits per heavy atom. The summed E-state index contributed by atoms with van der Waals surface area (Å²) < 4.78 is 2.24. The minimum absolute atomic E-state index is 0.0254. The van der Waals surface area contributed by atoms with Crippen LogP contribution in [0.1, 0.15) is 37.6 Å². The number of amides is 1. The van der Waals surface area contributed by atoms with Crippen LogP contribution in [0.15, 0.2) is 42.6 Å². The molecule has 3 nitrogen and oxygen atoms in total. The second-order valence-corrected chi connectivity index (χ2v) is 6.36. The smallest absolute Gasteiger partial charge is 0.226 e. The molecule has 22 heavy (non-hydrogen) atoms. The average molecular weight is 317 g/mol. The van der Waals surface area contributed by atoms with E-state index in [0.29, 0.717) is 0 Å². The van der Waals surface area contributed by atoms with E-state index in [1.807, 2.05) is 36.1 Å². The van der Waals surface area contributed by atoms with E-state index >= 15 is 0 Å². The van der Waals surface area contributed by atoms with Gasteiger partial charge in [-0.15, -0.1) is 0 Å². The average Bonchev–Trinajstić information content (AvgIpc) is 3.02. The zero-order chi connectivity index (χ0) is 15.7. The van der Waals surface area contributed by atoms with Gasteiger partial charge in [-0.1, -0.05) is 37.6 Å². The molecule has 0 spiro atoms. The molecule has 0 saturated heterocycles. The van der Waals surface area contributed by atoms with Gasteiger partial charge in [0.15, 0.2) is 0 Å². The van der Waals surface area contributed by atoms with Crippen LogP contribution in [0, 0.1) is 5.92 Å². The van der Waals surface area contributed by atoms with Crippen LogP contribution in [0.25, 0.3) is 0 Å². The summed E-state index contributed by atoms with van der Waals surface area (Å²) in [5.41, 5.74) is 2.28. The van der Waals surface area contributed by atoms with Gasteiger partial charge in [-0.2, -0.15) is 0 Å². The molecule has 3 rings (SSSR count). The van der Waals surface area contributed by atoms with Gasteiger partial charge in [-0.05, 0) is 36.2 Å². The maximum Gasteiger partial charge on any atom is 0.226 e. The molecule has 1 aromatic carbocycles. The van der Waals surface area contributed by atoms with Crippen LogP contribution in [0.4, 0.5) is 0 Å². The standard InChI is InChI=1S/C18H21ClN2O/c1-3-13(2)18(22)21-12-11-20-10-4-5-16(20)17(21)14-6-8-15(19)9-7-14/h4-10,13,17H,3,11-12H2,1-2H3/t13-,17+/m1/s1. The molecular formula is C18H21ClN2O. The molecule has 2 heterocycles. The maximum absolute atomic E-state index is 12.8. The van der Waals surface area contributed by atoms with Crippen molar-refractivity contribution in [2.75, 3.05) is 6.54 Å². The fourth-order valence-corrected chi connectivity index (χ4v) is 3.20. The van der Waals surface area contributed by atoms with E-state index in [0.717, 1.165) is 30.1 Å². The lowest BCUT2D eigenvalue weighted by molar-refractivity contribution is -0.137. The summed E-state index contributed by atoms with van der Waals surface area (Å²) >= 11 is 6.02. The number of hydrogen-bond acceptors (Lipinski definition) is 1. The summed E-state index contributed by atoms with van der Waals surface area (Å²) in [5, 5.41) is 0.717. The molecule has 0 unspecified atom stereocenters. The third-order valence-corrected chi connectivity index (χ3v) is 4.79. The summed E-state index contributed by atoms with van der Waals surface area (Å²) in [4.78, 5) is 14.8. The highest BCUT2D eigenvalue weighted by atomic mass is 35.5. The van der Waals surface area contributed by atoms with Crippen molar-refractivity contribution in [1.29, 1.82) is 0 Å². The Morgan fingerprint density at radius 2 is 2.00 bits per heavy atom. The highest BCUT2D eigenvalue weighted by Crippen LogP contribution is 2.34. The molecular weight excluding hydrogens is 296 g/mol. The lowest BCUT2D eigenvalue weighted by atomic mass is 9.97. The Kier molecular flexibility index (Phi) is 4.25. The van der Waals surface area contributed by atoms with E-state index in [1.165, 1.54) is 5.69 Å². The molecule has 4 heteroatoms. The first-order chi connectivity index (χ1) is 10.6. The van der Waals surface area contributed by atoms with Crippen LogP contribution >= 0.6 is 11.6 Å². The number of fused-ring (bicyclic) bond motifs is 1. The van der Waals surface area contributed by atoms with Crippen molar-refractivity contribution < 1.29 is 4.79 Å². The molecule has 0 fully saturated rings. The van der Waals surface area contributed by atoms with Crippen LogP contribution in [0.3, 0.4) is 0 Å². The van der Waals surface area contributed by atoms with Crippen LogP contribution in [0.5, 0.6) is 0 Å². The van der Waals surface area contributed by atoms with Crippen molar-refractivity contribution in [3.05, 3.63) is 58.9 Å². The Bertz CT molecular complexity index is 662. The van der Waals surface area contributed by atoms with Crippen LogP contribution in [-0.2, 0) is 11.3 Å². The fraction of sp³-hybridized carbons (Fsp3) is 0.389. The van der Waals surface area contributed by atoms with E-state index < -0.39 is 0 Å². The molecule has 0 N–H and O–H groups in total. The minimum atomic E-state index is -0.0254. The van der Waals surface area contributed by atoms with Gasteiger partial charge in [0.1, 0.15) is 0 Å². The quantitative estimate of drug-likeness (QED) is 0.836. The first kappa shape index (κ1) is 15.2. The van der Waals surface area contributed by atoms with Gasteiger partial charge in [-0.25, -0.2) is 0 Å². The molecule has 0 aliphatic carbocycles. The number of carbonyl (C=O) groups is 1. The lowest BCUT2D eigenvalue weighted by Crippen LogP contribution is -2.44. The SMILES string of the molecule is CC[C@@H](C)C(=O)N1CCn2cccc2[C@@H]1c1ccc(Cl)cc1. The monoisotopic (exact) mass is 316 g/mol. The summed E-state index contributed by atoms with van der Waals surface area (Å²) in [6.07, 6.45) is 2.95. The molecule has 1 aromatic heterocycles. The highest BCUT2D eigenvalue weighted by Gasteiger charge is 2.33. The molecule has 1 aliphatic heterocycles. The van der Waals surface area contributed by atoms with Crippen molar-refractivity contribution in [2.45, 2.75) is 32.9 Å². The third kappa shape index (κ3) is 2.66. The van der Waals surface area contributed by atoms with E-state index in [1.54, 1.807) is 0 Å². The van der Waals surface area contributed by atoms with Gasteiger partial charge in [0, 0.05) is 35.9 Å². The zero-order valence-electron chi connectivity index (χ0n) is 13.0. The first-order valence-electron chi connectivity index (χ1n) is 7.82. The third-order valence-electron chi connectivity index (χ3n) is 4.54. The van der Waals surface area contributed by atoms with Crippen LogP contribution in [0.2, 0.25) is 5.02 Å². The Labute approximate surface area is 136 Å². The number of rotatable bonds is 3. The molecule has 2 aromatic rings. The van der Waals surface area contributed by atoms with Gasteiger partial charge < -0.3 is 9.47 Å². The summed E-state index contributed by atoms with van der Waals surface area (Å²) in [7, 11) is 0. The van der Waals surface area contributed by atoms with Gasteiger partial charge in [0.05, 0.1) is 6.04 Å². The highest BCUT2D eigenvalue weighted by molar-refractivity contribution is 6.30. The Balaban J connectivity index is 2.03. The van der Waals surface area contributed by atoms with Gasteiger partial charge in [-0.3, -0.25) is 4.79 Å². The van der Waals surface area contributed by atoms with E-state index in [-0.39, 0.29) is 17.9 Å².